The third-order valence-corrected chi connectivity index (χ3v) is 3.11. The lowest BCUT2D eigenvalue weighted by Crippen LogP contribution is -2.03. The Balaban J connectivity index is 2.20. The van der Waals surface area contributed by atoms with Gasteiger partial charge in [0.25, 0.3) is 5.69 Å². The summed E-state index contributed by atoms with van der Waals surface area (Å²) in [6, 6.07) is 8.59. The molecule has 21 heavy (non-hydrogen) atoms. The van der Waals surface area contributed by atoms with Crippen LogP contribution in [0.2, 0.25) is 5.02 Å². The molecule has 0 spiro atoms. The number of nitrogens with zero attached hydrogens (tertiary/aromatic N) is 1. The van der Waals surface area contributed by atoms with Crippen molar-refractivity contribution in [2.24, 2.45) is 0 Å². The summed E-state index contributed by atoms with van der Waals surface area (Å²) in [5, 5.41) is 14.3. The van der Waals surface area contributed by atoms with E-state index in [9.17, 15) is 14.5 Å². The van der Waals surface area contributed by atoms with Crippen molar-refractivity contribution >= 4 is 23.0 Å². The summed E-state index contributed by atoms with van der Waals surface area (Å²) < 4.78 is 18.2. The molecule has 0 fully saturated rings. The Labute approximate surface area is 125 Å². The molecule has 0 unspecified atom stereocenters. The summed E-state index contributed by atoms with van der Waals surface area (Å²) in [7, 11) is 1.37. The van der Waals surface area contributed by atoms with Gasteiger partial charge in [0.1, 0.15) is 0 Å². The van der Waals surface area contributed by atoms with Crippen LogP contribution >= 0.6 is 11.6 Å². The van der Waals surface area contributed by atoms with Gasteiger partial charge in [-0.3, -0.25) is 10.1 Å². The molecule has 7 heteroatoms. The Hall–Kier alpha value is -2.34. The van der Waals surface area contributed by atoms with Gasteiger partial charge in [-0.25, -0.2) is 4.39 Å². The van der Waals surface area contributed by atoms with Gasteiger partial charge in [0.2, 0.25) is 0 Å². The van der Waals surface area contributed by atoms with E-state index in [1.165, 1.54) is 43.5 Å². The van der Waals surface area contributed by atoms with Crippen LogP contribution < -0.4 is 10.1 Å². The highest BCUT2D eigenvalue weighted by atomic mass is 35.5. The predicted molar refractivity (Wildman–Crippen MR) is 78.4 cm³/mol. The van der Waals surface area contributed by atoms with Gasteiger partial charge >= 0.3 is 0 Å². The Morgan fingerprint density at radius 2 is 2.10 bits per heavy atom. The van der Waals surface area contributed by atoms with Gasteiger partial charge in [-0.05, 0) is 24.3 Å². The minimum Gasteiger partial charge on any atom is -0.494 e. The van der Waals surface area contributed by atoms with Crippen molar-refractivity contribution in [3.63, 3.8) is 0 Å². The van der Waals surface area contributed by atoms with Crippen LogP contribution in [0.15, 0.2) is 36.4 Å². The first-order chi connectivity index (χ1) is 10.0. The highest BCUT2D eigenvalue weighted by molar-refractivity contribution is 6.30. The third-order valence-electron chi connectivity index (χ3n) is 2.87. The number of rotatable bonds is 5. The topological polar surface area (TPSA) is 64.4 Å². The van der Waals surface area contributed by atoms with Crippen LogP contribution in [0.4, 0.5) is 15.8 Å². The van der Waals surface area contributed by atoms with Crippen molar-refractivity contribution < 1.29 is 14.1 Å². The van der Waals surface area contributed by atoms with Crippen molar-refractivity contribution in [2.75, 3.05) is 12.4 Å². The smallest absolute Gasteiger partial charge is 0.274 e. The van der Waals surface area contributed by atoms with Crippen molar-refractivity contribution in [3.05, 3.63) is 62.9 Å². The molecule has 0 aliphatic rings. The summed E-state index contributed by atoms with van der Waals surface area (Å²) in [6.45, 7) is 0.186. The molecular weight excluding hydrogens is 299 g/mol. The first-order valence-corrected chi connectivity index (χ1v) is 6.39. The minimum atomic E-state index is -0.475. The normalized spacial score (nSPS) is 10.2. The molecule has 0 aliphatic carbocycles. The molecule has 110 valence electrons. The Bertz CT molecular complexity index is 679. The number of nitro benzene ring substituents is 1. The monoisotopic (exact) mass is 310 g/mol. The fourth-order valence-corrected chi connectivity index (χ4v) is 2.04. The maximum atomic E-state index is 13.3. The SMILES string of the molecule is COc1cc(NCc2cc(Cl)ccc2[N+](=O)[O-])ccc1F. The van der Waals surface area contributed by atoms with Crippen LogP contribution in [0.1, 0.15) is 5.56 Å². The van der Waals surface area contributed by atoms with Gasteiger partial charge in [0, 0.05) is 29.4 Å². The maximum absolute atomic E-state index is 13.3. The number of nitro groups is 1. The lowest BCUT2D eigenvalue weighted by atomic mass is 10.1. The van der Waals surface area contributed by atoms with Gasteiger partial charge in [0.15, 0.2) is 11.6 Å². The Kier molecular flexibility index (Phi) is 4.59. The van der Waals surface area contributed by atoms with Crippen LogP contribution in [-0.4, -0.2) is 12.0 Å². The fraction of sp³-hybridized carbons (Fsp3) is 0.143. The van der Waals surface area contributed by atoms with Crippen LogP contribution in [-0.2, 0) is 6.54 Å². The minimum absolute atomic E-state index is 0.0269. The van der Waals surface area contributed by atoms with E-state index in [4.69, 9.17) is 16.3 Å². The molecule has 0 amide bonds. The second-order valence-corrected chi connectivity index (χ2v) is 4.67. The van der Waals surface area contributed by atoms with Crippen molar-refractivity contribution in [1.29, 1.82) is 0 Å². The molecule has 2 aromatic rings. The maximum Gasteiger partial charge on any atom is 0.274 e. The summed E-state index contributed by atoms with van der Waals surface area (Å²) in [6.07, 6.45) is 0. The van der Waals surface area contributed by atoms with Gasteiger partial charge < -0.3 is 10.1 Å². The molecule has 1 N–H and O–H groups in total. The van der Waals surface area contributed by atoms with Gasteiger partial charge in [-0.2, -0.15) is 0 Å². The van der Waals surface area contributed by atoms with E-state index in [0.717, 1.165) is 0 Å². The van der Waals surface area contributed by atoms with Crippen LogP contribution in [0, 0.1) is 15.9 Å². The van der Waals surface area contributed by atoms with Crippen LogP contribution in [0.3, 0.4) is 0 Å². The Morgan fingerprint density at radius 1 is 1.33 bits per heavy atom. The average Bonchev–Trinajstić information content (AvgIpc) is 2.46. The third kappa shape index (κ3) is 3.61. The Morgan fingerprint density at radius 3 is 2.76 bits per heavy atom. The molecule has 0 aromatic heterocycles. The second kappa shape index (κ2) is 6.41. The first kappa shape index (κ1) is 15.1. The van der Waals surface area contributed by atoms with E-state index in [1.54, 1.807) is 0 Å². The van der Waals surface area contributed by atoms with Crippen LogP contribution in [0.5, 0.6) is 5.75 Å². The van der Waals surface area contributed by atoms with Crippen molar-refractivity contribution in [2.45, 2.75) is 6.54 Å². The second-order valence-electron chi connectivity index (χ2n) is 4.23. The number of benzene rings is 2. The fourth-order valence-electron chi connectivity index (χ4n) is 1.84. The summed E-state index contributed by atoms with van der Waals surface area (Å²) in [5.74, 6) is -0.377. The molecule has 2 rings (SSSR count). The van der Waals surface area contributed by atoms with E-state index >= 15 is 0 Å². The molecule has 0 aliphatic heterocycles. The number of hydrogen-bond donors (Lipinski definition) is 1. The summed E-state index contributed by atoms with van der Waals surface area (Å²) in [5.41, 5.74) is 0.999. The summed E-state index contributed by atoms with van der Waals surface area (Å²) >= 11 is 5.85. The zero-order chi connectivity index (χ0) is 15.4. The zero-order valence-electron chi connectivity index (χ0n) is 11.1. The number of halogens is 2. The van der Waals surface area contributed by atoms with E-state index in [-0.39, 0.29) is 18.0 Å². The number of methoxy groups -OCH3 is 1. The van der Waals surface area contributed by atoms with Gasteiger partial charge in [-0.15, -0.1) is 0 Å². The number of anilines is 1. The average molecular weight is 311 g/mol. The van der Waals surface area contributed by atoms with E-state index in [2.05, 4.69) is 5.32 Å². The highest BCUT2D eigenvalue weighted by Gasteiger charge is 2.13. The van der Waals surface area contributed by atoms with E-state index < -0.39 is 10.7 Å². The highest BCUT2D eigenvalue weighted by Crippen LogP contribution is 2.25. The molecule has 0 saturated carbocycles. The predicted octanol–water partition coefficient (Wildman–Crippen LogP) is 4.01. The standard InChI is InChI=1S/C14H12ClFN2O3/c1-21-14-7-11(3-4-12(14)16)17-8-9-6-10(15)2-5-13(9)18(19)20/h2-7,17H,8H2,1H3. The first-order valence-electron chi connectivity index (χ1n) is 6.01. The lowest BCUT2D eigenvalue weighted by Gasteiger charge is -2.09. The van der Waals surface area contributed by atoms with Crippen molar-refractivity contribution in [1.82, 2.24) is 0 Å². The van der Waals surface area contributed by atoms with Gasteiger partial charge in [-0.1, -0.05) is 11.6 Å². The molecule has 0 saturated heterocycles. The number of ether oxygens (including phenoxy) is 1. The molecule has 0 bridgehead atoms. The molecular formula is C14H12ClFN2O3. The quantitative estimate of drug-likeness (QED) is 0.669. The number of hydrogen-bond acceptors (Lipinski definition) is 4. The molecule has 5 nitrogen and oxygen atoms in total. The number of nitrogens with one attached hydrogen (secondary N) is 1. The summed E-state index contributed by atoms with van der Waals surface area (Å²) in [4.78, 5) is 10.5. The lowest BCUT2D eigenvalue weighted by molar-refractivity contribution is -0.385. The zero-order valence-corrected chi connectivity index (χ0v) is 11.9. The van der Waals surface area contributed by atoms with E-state index in [0.29, 0.717) is 16.3 Å². The largest absolute Gasteiger partial charge is 0.494 e. The van der Waals surface area contributed by atoms with Gasteiger partial charge in [0.05, 0.1) is 17.6 Å². The van der Waals surface area contributed by atoms with Crippen molar-refractivity contribution in [3.8, 4) is 5.75 Å². The molecule has 0 atom stereocenters. The van der Waals surface area contributed by atoms with Crippen LogP contribution in [0.25, 0.3) is 0 Å². The molecule has 0 radical (unpaired) electrons. The molecule has 0 heterocycles. The van der Waals surface area contributed by atoms with E-state index in [1.807, 2.05) is 0 Å². The molecule has 2 aromatic carbocycles.